The summed E-state index contributed by atoms with van der Waals surface area (Å²) in [5.41, 5.74) is 0. The Morgan fingerprint density at radius 1 is 0.263 bits per heavy atom. The monoisotopic (exact) mass is 1120 g/mol. The van der Waals surface area contributed by atoms with Gasteiger partial charge in [-0.1, -0.05) is 332 Å². The highest BCUT2D eigenvalue weighted by Crippen LogP contribution is 2.18. The molecule has 0 amide bonds. The molecule has 0 saturated carbocycles. The molecular formula is C74H134O6. The third-order valence-electron chi connectivity index (χ3n) is 15.8. The first-order valence-corrected chi connectivity index (χ1v) is 35.3. The van der Waals surface area contributed by atoms with E-state index in [1.165, 1.54) is 244 Å². The van der Waals surface area contributed by atoms with E-state index in [-0.39, 0.29) is 31.1 Å². The molecule has 6 nitrogen and oxygen atoms in total. The Morgan fingerprint density at radius 3 is 0.762 bits per heavy atom. The van der Waals surface area contributed by atoms with Gasteiger partial charge in [-0.25, -0.2) is 0 Å². The number of hydrogen-bond acceptors (Lipinski definition) is 6. The second-order valence-corrected chi connectivity index (χ2v) is 23.8. The standard InChI is InChI=1S/C74H134O6/c1-4-7-10-13-16-19-22-25-28-31-33-35-36-37-38-39-41-43-46-49-52-55-58-61-64-67-73(76)79-70-71(69-78-72(75)66-63-60-57-54-51-48-45-42-30-27-24-21-18-15-12-9-6-3)80-74(77)68-65-62-59-56-53-50-47-44-40-34-32-29-26-23-20-17-14-11-8-5-2/h9,12,18,21-22,25,27,30-31,33,71H,4-8,10-11,13-17,19-20,23-24,26,28-29,32,34-70H2,1-3H3/b12-9-,21-18-,25-22-,30-27-,33-31-. The summed E-state index contributed by atoms with van der Waals surface area (Å²) in [6.45, 7) is 6.58. The number of hydrogen-bond donors (Lipinski definition) is 0. The second kappa shape index (κ2) is 68.6. The molecule has 1 unspecified atom stereocenters. The molecule has 0 aromatic heterocycles. The van der Waals surface area contributed by atoms with Crippen LogP contribution in [0.4, 0.5) is 0 Å². The van der Waals surface area contributed by atoms with Crippen LogP contribution in [0.25, 0.3) is 0 Å². The molecule has 1 atom stereocenters. The van der Waals surface area contributed by atoms with Crippen molar-refractivity contribution in [3.63, 3.8) is 0 Å². The molecule has 6 heteroatoms. The first kappa shape index (κ1) is 77.1. The highest BCUT2D eigenvalue weighted by Gasteiger charge is 2.19. The van der Waals surface area contributed by atoms with Crippen LogP contribution >= 0.6 is 0 Å². The third-order valence-corrected chi connectivity index (χ3v) is 15.8. The fourth-order valence-electron chi connectivity index (χ4n) is 10.5. The molecule has 0 spiro atoms. The van der Waals surface area contributed by atoms with Gasteiger partial charge in [0.1, 0.15) is 13.2 Å². The van der Waals surface area contributed by atoms with Crippen LogP contribution in [0.3, 0.4) is 0 Å². The van der Waals surface area contributed by atoms with Gasteiger partial charge >= 0.3 is 17.9 Å². The van der Waals surface area contributed by atoms with Crippen LogP contribution in [0.5, 0.6) is 0 Å². The lowest BCUT2D eigenvalue weighted by atomic mass is 10.0. The number of esters is 3. The van der Waals surface area contributed by atoms with E-state index >= 15 is 0 Å². The van der Waals surface area contributed by atoms with Crippen LogP contribution in [0.15, 0.2) is 60.8 Å². The molecule has 80 heavy (non-hydrogen) atoms. The maximum Gasteiger partial charge on any atom is 0.306 e. The zero-order chi connectivity index (χ0) is 57.8. The Hall–Kier alpha value is -2.89. The summed E-state index contributed by atoms with van der Waals surface area (Å²) in [6.07, 6.45) is 88.1. The molecule has 0 aliphatic carbocycles. The maximum atomic E-state index is 13.0. The van der Waals surface area contributed by atoms with Gasteiger partial charge in [-0.05, 0) is 83.5 Å². The van der Waals surface area contributed by atoms with E-state index in [1.807, 2.05) is 0 Å². The summed E-state index contributed by atoms with van der Waals surface area (Å²) in [6, 6.07) is 0. The third kappa shape index (κ3) is 65.9. The Labute approximate surface area is 498 Å². The zero-order valence-electron chi connectivity index (χ0n) is 53.6. The SMILES string of the molecule is CC/C=C\C/C=C\C/C=C\CCCCCCCCCC(=O)OCC(COC(=O)CCCCCCCCCCCCCCC/C=C\C/C=C\CCCCCCC)OC(=O)CCCCCCCCCCCCCCCCCCCCCC. The lowest BCUT2D eigenvalue weighted by molar-refractivity contribution is -0.167. The first-order valence-electron chi connectivity index (χ1n) is 35.3. The van der Waals surface area contributed by atoms with E-state index in [0.717, 1.165) is 89.9 Å². The Kier molecular flexibility index (Phi) is 66.1. The number of carbonyl (C=O) groups is 3. The van der Waals surface area contributed by atoms with Crippen molar-refractivity contribution in [3.8, 4) is 0 Å². The largest absolute Gasteiger partial charge is 0.462 e. The summed E-state index contributed by atoms with van der Waals surface area (Å²) in [4.78, 5) is 38.5. The number of rotatable bonds is 65. The van der Waals surface area contributed by atoms with Crippen molar-refractivity contribution in [2.24, 2.45) is 0 Å². The van der Waals surface area contributed by atoms with Gasteiger partial charge < -0.3 is 14.2 Å². The molecule has 0 aromatic carbocycles. The van der Waals surface area contributed by atoms with Crippen LogP contribution in [0.1, 0.15) is 374 Å². The minimum absolute atomic E-state index is 0.0737. The van der Waals surface area contributed by atoms with Gasteiger partial charge in [-0.2, -0.15) is 0 Å². The van der Waals surface area contributed by atoms with Crippen LogP contribution in [0, 0.1) is 0 Å². The fourth-order valence-corrected chi connectivity index (χ4v) is 10.5. The van der Waals surface area contributed by atoms with E-state index < -0.39 is 6.10 Å². The van der Waals surface area contributed by atoms with Crippen LogP contribution in [0.2, 0.25) is 0 Å². The second-order valence-electron chi connectivity index (χ2n) is 23.8. The van der Waals surface area contributed by atoms with E-state index in [9.17, 15) is 14.4 Å². The summed E-state index contributed by atoms with van der Waals surface area (Å²) < 4.78 is 17.0. The van der Waals surface area contributed by atoms with Crippen molar-refractivity contribution in [3.05, 3.63) is 60.8 Å². The van der Waals surface area contributed by atoms with Crippen molar-refractivity contribution < 1.29 is 28.6 Å². The van der Waals surface area contributed by atoms with Crippen molar-refractivity contribution in [2.45, 2.75) is 380 Å². The molecule has 0 radical (unpaired) electrons. The Bertz CT molecular complexity index is 1430. The number of unbranched alkanes of at least 4 members (excludes halogenated alkanes) is 44. The predicted octanol–water partition coefficient (Wildman–Crippen LogP) is 24.3. The predicted molar refractivity (Wildman–Crippen MR) is 348 cm³/mol. The molecule has 0 saturated heterocycles. The number of allylic oxidation sites excluding steroid dienone is 10. The molecule has 0 aliphatic heterocycles. The molecule has 466 valence electrons. The smallest absolute Gasteiger partial charge is 0.306 e. The summed E-state index contributed by atoms with van der Waals surface area (Å²) >= 11 is 0. The summed E-state index contributed by atoms with van der Waals surface area (Å²) in [7, 11) is 0. The van der Waals surface area contributed by atoms with Crippen molar-refractivity contribution in [1.82, 2.24) is 0 Å². The fraction of sp³-hybridized carbons (Fsp3) is 0.824. The number of ether oxygens (including phenoxy) is 3. The van der Waals surface area contributed by atoms with Crippen molar-refractivity contribution in [2.75, 3.05) is 13.2 Å². The summed E-state index contributed by atoms with van der Waals surface area (Å²) in [5, 5.41) is 0. The van der Waals surface area contributed by atoms with Gasteiger partial charge in [0, 0.05) is 19.3 Å². The van der Waals surface area contributed by atoms with Crippen LogP contribution in [-0.4, -0.2) is 37.2 Å². The molecule has 0 aliphatic rings. The lowest BCUT2D eigenvalue weighted by Crippen LogP contribution is -2.30. The van der Waals surface area contributed by atoms with E-state index in [4.69, 9.17) is 14.2 Å². The topological polar surface area (TPSA) is 78.9 Å². The van der Waals surface area contributed by atoms with Gasteiger partial charge in [0.05, 0.1) is 0 Å². The normalized spacial score (nSPS) is 12.4. The highest BCUT2D eigenvalue weighted by molar-refractivity contribution is 5.71. The Morgan fingerprint density at radius 2 is 0.487 bits per heavy atom. The molecular weight excluding hydrogens is 985 g/mol. The van der Waals surface area contributed by atoms with Gasteiger partial charge in [-0.3, -0.25) is 14.4 Å². The number of carbonyl (C=O) groups excluding carboxylic acids is 3. The van der Waals surface area contributed by atoms with Crippen molar-refractivity contribution >= 4 is 17.9 Å². The van der Waals surface area contributed by atoms with E-state index in [0.29, 0.717) is 19.3 Å². The van der Waals surface area contributed by atoms with E-state index in [2.05, 4.69) is 81.5 Å². The molecule has 0 N–H and O–H groups in total. The van der Waals surface area contributed by atoms with Gasteiger partial charge in [0.2, 0.25) is 0 Å². The quantitative estimate of drug-likeness (QED) is 0.0261. The first-order chi connectivity index (χ1) is 39.5. The highest BCUT2D eigenvalue weighted by atomic mass is 16.6. The lowest BCUT2D eigenvalue weighted by Gasteiger charge is -2.18. The average molecular weight is 1120 g/mol. The van der Waals surface area contributed by atoms with E-state index in [1.54, 1.807) is 0 Å². The minimum atomic E-state index is -0.778. The zero-order valence-corrected chi connectivity index (χ0v) is 53.6. The molecule has 0 heterocycles. The molecule has 0 rings (SSSR count). The Balaban J connectivity index is 4.31. The molecule has 0 fully saturated rings. The molecule has 0 aromatic rings. The average Bonchev–Trinajstić information content (AvgIpc) is 3.46. The van der Waals surface area contributed by atoms with Crippen LogP contribution < -0.4 is 0 Å². The van der Waals surface area contributed by atoms with Gasteiger partial charge in [0.15, 0.2) is 6.10 Å². The van der Waals surface area contributed by atoms with Crippen molar-refractivity contribution in [1.29, 1.82) is 0 Å². The minimum Gasteiger partial charge on any atom is -0.462 e. The molecule has 0 bridgehead atoms. The summed E-state index contributed by atoms with van der Waals surface area (Å²) in [5.74, 6) is -0.859. The van der Waals surface area contributed by atoms with Gasteiger partial charge in [-0.15, -0.1) is 0 Å². The maximum absolute atomic E-state index is 13.0. The van der Waals surface area contributed by atoms with Gasteiger partial charge in [0.25, 0.3) is 0 Å². The van der Waals surface area contributed by atoms with Crippen LogP contribution in [-0.2, 0) is 28.6 Å².